The number of carbonyl (C=O) groups is 2. The predicted molar refractivity (Wildman–Crippen MR) is 99.6 cm³/mol. The Bertz CT molecular complexity index is 857. The number of nitrogens with zero attached hydrogens (tertiary/aromatic N) is 1. The summed E-state index contributed by atoms with van der Waals surface area (Å²) in [5.41, 5.74) is 3.08. The molecule has 128 valence electrons. The highest BCUT2D eigenvalue weighted by atomic mass is 35.5. The van der Waals surface area contributed by atoms with Crippen molar-refractivity contribution in [3.05, 3.63) is 57.6 Å². The van der Waals surface area contributed by atoms with Crippen molar-refractivity contribution in [1.29, 1.82) is 0 Å². The normalized spacial score (nSPS) is 15.8. The Kier molecular flexibility index (Phi) is 4.18. The summed E-state index contributed by atoms with van der Waals surface area (Å²) in [6.45, 7) is 0.714. The van der Waals surface area contributed by atoms with Crippen LogP contribution in [0.15, 0.2) is 36.4 Å². The van der Waals surface area contributed by atoms with E-state index in [0.717, 1.165) is 30.5 Å². The Morgan fingerprint density at radius 3 is 2.44 bits per heavy atom. The number of benzene rings is 2. The summed E-state index contributed by atoms with van der Waals surface area (Å²) in [5.74, 6) is 0.0871. The van der Waals surface area contributed by atoms with Crippen molar-refractivity contribution in [3.63, 3.8) is 0 Å². The van der Waals surface area contributed by atoms with Crippen LogP contribution >= 0.6 is 23.2 Å². The van der Waals surface area contributed by atoms with E-state index in [4.69, 9.17) is 23.2 Å². The van der Waals surface area contributed by atoms with Gasteiger partial charge in [0.15, 0.2) is 0 Å². The molecule has 4 rings (SSSR count). The quantitative estimate of drug-likeness (QED) is 0.856. The summed E-state index contributed by atoms with van der Waals surface area (Å²) in [4.78, 5) is 26.7. The molecule has 1 aliphatic heterocycles. The number of halogens is 2. The van der Waals surface area contributed by atoms with Gasteiger partial charge in [-0.05, 0) is 55.2 Å². The minimum absolute atomic E-state index is 0.179. The van der Waals surface area contributed by atoms with Crippen LogP contribution < -0.4 is 10.2 Å². The van der Waals surface area contributed by atoms with E-state index in [-0.39, 0.29) is 17.7 Å². The van der Waals surface area contributed by atoms with Crippen LogP contribution in [0.25, 0.3) is 0 Å². The number of hydrogen-bond donors (Lipinski definition) is 1. The molecule has 1 fully saturated rings. The average Bonchev–Trinajstić information content (AvgIpc) is 3.33. The number of anilines is 2. The summed E-state index contributed by atoms with van der Waals surface area (Å²) in [6.07, 6.45) is 2.82. The van der Waals surface area contributed by atoms with Gasteiger partial charge < -0.3 is 10.2 Å². The summed E-state index contributed by atoms with van der Waals surface area (Å²) in [7, 11) is 0. The van der Waals surface area contributed by atoms with Gasteiger partial charge in [-0.3, -0.25) is 9.59 Å². The van der Waals surface area contributed by atoms with Gasteiger partial charge in [0.25, 0.3) is 5.91 Å². The molecule has 25 heavy (non-hydrogen) atoms. The summed E-state index contributed by atoms with van der Waals surface area (Å²) >= 11 is 11.9. The van der Waals surface area contributed by atoms with Gasteiger partial charge in [-0.2, -0.15) is 0 Å². The number of nitrogens with one attached hydrogen (secondary N) is 1. The summed E-state index contributed by atoms with van der Waals surface area (Å²) in [6, 6.07) is 10.4. The zero-order valence-corrected chi connectivity index (χ0v) is 14.9. The molecule has 0 saturated heterocycles. The molecule has 1 saturated carbocycles. The molecule has 0 unspecified atom stereocenters. The Hall–Kier alpha value is -2.04. The number of amides is 2. The van der Waals surface area contributed by atoms with Crippen molar-refractivity contribution >= 4 is 46.4 Å². The van der Waals surface area contributed by atoms with Crippen LogP contribution in [0.1, 0.15) is 28.8 Å². The van der Waals surface area contributed by atoms with E-state index in [1.165, 1.54) is 0 Å². The predicted octanol–water partition coefficient (Wildman–Crippen LogP) is 4.54. The van der Waals surface area contributed by atoms with Crippen LogP contribution in [-0.4, -0.2) is 18.4 Å². The van der Waals surface area contributed by atoms with Crippen molar-refractivity contribution in [2.75, 3.05) is 16.8 Å². The lowest BCUT2D eigenvalue weighted by molar-refractivity contribution is -0.119. The first-order valence-electron chi connectivity index (χ1n) is 8.23. The molecule has 2 aromatic rings. The zero-order valence-electron chi connectivity index (χ0n) is 13.4. The topological polar surface area (TPSA) is 49.4 Å². The standard InChI is InChI=1S/C19H16Cl2N2O2/c20-14-7-13(8-15(21)9-14)18(24)22-16-4-3-11-5-6-23(17(11)10-16)19(25)12-1-2-12/h3-4,7-10,12H,1-2,5-6H2,(H,22,24). The molecule has 0 atom stereocenters. The molecule has 1 heterocycles. The van der Waals surface area contributed by atoms with Gasteiger partial charge in [-0.15, -0.1) is 0 Å². The highest BCUT2D eigenvalue weighted by Gasteiger charge is 2.36. The summed E-state index contributed by atoms with van der Waals surface area (Å²) < 4.78 is 0. The molecular weight excluding hydrogens is 359 g/mol. The monoisotopic (exact) mass is 374 g/mol. The molecule has 1 aliphatic carbocycles. The van der Waals surface area contributed by atoms with E-state index >= 15 is 0 Å². The van der Waals surface area contributed by atoms with Gasteiger partial charge >= 0.3 is 0 Å². The van der Waals surface area contributed by atoms with Crippen LogP contribution in [-0.2, 0) is 11.2 Å². The maximum absolute atomic E-state index is 12.4. The first kappa shape index (κ1) is 16.4. The molecule has 2 aromatic carbocycles. The maximum Gasteiger partial charge on any atom is 0.255 e. The number of hydrogen-bond acceptors (Lipinski definition) is 2. The van der Waals surface area contributed by atoms with Crippen molar-refractivity contribution in [2.45, 2.75) is 19.3 Å². The van der Waals surface area contributed by atoms with Crippen molar-refractivity contribution < 1.29 is 9.59 Å². The second-order valence-electron chi connectivity index (χ2n) is 6.47. The number of rotatable bonds is 3. The Morgan fingerprint density at radius 1 is 1.04 bits per heavy atom. The lowest BCUT2D eigenvalue weighted by Crippen LogP contribution is -2.30. The molecule has 0 aromatic heterocycles. The first-order chi connectivity index (χ1) is 12.0. The third kappa shape index (κ3) is 3.37. The molecule has 0 spiro atoms. The van der Waals surface area contributed by atoms with Gasteiger partial charge in [0, 0.05) is 39.4 Å². The van der Waals surface area contributed by atoms with Crippen LogP contribution in [0.3, 0.4) is 0 Å². The van der Waals surface area contributed by atoms with Crippen LogP contribution in [0.4, 0.5) is 11.4 Å². The molecular formula is C19H16Cl2N2O2. The molecule has 0 radical (unpaired) electrons. The van der Waals surface area contributed by atoms with E-state index < -0.39 is 0 Å². The molecule has 2 amide bonds. The smallest absolute Gasteiger partial charge is 0.255 e. The largest absolute Gasteiger partial charge is 0.322 e. The summed E-state index contributed by atoms with van der Waals surface area (Å²) in [5, 5.41) is 3.67. The van der Waals surface area contributed by atoms with Gasteiger partial charge in [0.1, 0.15) is 0 Å². The lowest BCUT2D eigenvalue weighted by atomic mass is 10.1. The average molecular weight is 375 g/mol. The second kappa shape index (κ2) is 6.36. The van der Waals surface area contributed by atoms with E-state index in [0.29, 0.717) is 27.8 Å². The van der Waals surface area contributed by atoms with Crippen LogP contribution in [0.5, 0.6) is 0 Å². The molecule has 1 N–H and O–H groups in total. The zero-order chi connectivity index (χ0) is 17.6. The van der Waals surface area contributed by atoms with Gasteiger partial charge in [-0.1, -0.05) is 29.3 Å². The fraction of sp³-hybridized carbons (Fsp3) is 0.263. The van der Waals surface area contributed by atoms with Gasteiger partial charge in [-0.25, -0.2) is 0 Å². The fourth-order valence-corrected chi connectivity index (χ4v) is 3.65. The van der Waals surface area contributed by atoms with Crippen molar-refractivity contribution in [2.24, 2.45) is 5.92 Å². The van der Waals surface area contributed by atoms with Crippen LogP contribution in [0, 0.1) is 5.92 Å². The van der Waals surface area contributed by atoms with Crippen LogP contribution in [0.2, 0.25) is 10.0 Å². The van der Waals surface area contributed by atoms with Crippen molar-refractivity contribution in [3.8, 4) is 0 Å². The van der Waals surface area contributed by atoms with E-state index in [1.807, 2.05) is 23.1 Å². The minimum atomic E-state index is -0.289. The number of fused-ring (bicyclic) bond motifs is 1. The highest BCUT2D eigenvalue weighted by Crippen LogP contribution is 2.37. The van der Waals surface area contributed by atoms with E-state index in [9.17, 15) is 9.59 Å². The Labute approximate surface area is 155 Å². The van der Waals surface area contributed by atoms with E-state index in [2.05, 4.69) is 5.32 Å². The molecule has 0 bridgehead atoms. The molecule has 6 heteroatoms. The Balaban J connectivity index is 1.56. The van der Waals surface area contributed by atoms with Gasteiger partial charge in [0.2, 0.25) is 5.91 Å². The third-order valence-corrected chi connectivity index (χ3v) is 4.99. The third-order valence-electron chi connectivity index (χ3n) is 4.56. The maximum atomic E-state index is 12.4. The fourth-order valence-electron chi connectivity index (χ4n) is 3.12. The highest BCUT2D eigenvalue weighted by molar-refractivity contribution is 6.35. The first-order valence-corrected chi connectivity index (χ1v) is 8.98. The Morgan fingerprint density at radius 2 is 1.76 bits per heavy atom. The SMILES string of the molecule is O=C(Nc1ccc2c(c1)N(C(=O)C1CC1)CC2)c1cc(Cl)cc(Cl)c1. The second-order valence-corrected chi connectivity index (χ2v) is 7.34. The lowest BCUT2D eigenvalue weighted by Gasteiger charge is -2.18. The van der Waals surface area contributed by atoms with Gasteiger partial charge in [0.05, 0.1) is 0 Å². The molecule has 2 aliphatic rings. The minimum Gasteiger partial charge on any atom is -0.322 e. The molecule has 4 nitrogen and oxygen atoms in total. The van der Waals surface area contributed by atoms with Crippen molar-refractivity contribution in [1.82, 2.24) is 0 Å². The number of carbonyl (C=O) groups excluding carboxylic acids is 2. The van der Waals surface area contributed by atoms with E-state index in [1.54, 1.807) is 18.2 Å².